The summed E-state index contributed by atoms with van der Waals surface area (Å²) in [5, 5.41) is 10.7. The number of carbonyl (C=O) groups is 5. The molecule has 33 heteroatoms. The number of hydrogen-bond donors (Lipinski definition) is 6. The van der Waals surface area contributed by atoms with Crippen LogP contribution in [0.2, 0.25) is 0 Å². The van der Waals surface area contributed by atoms with E-state index in [-0.39, 0.29) is 93.2 Å². The Bertz CT molecular complexity index is 3240. The summed E-state index contributed by atoms with van der Waals surface area (Å²) in [6.07, 6.45) is 0.484. The minimum atomic E-state index is -2.76. The lowest BCUT2D eigenvalue weighted by Crippen LogP contribution is -2.54. The van der Waals surface area contributed by atoms with E-state index in [1.54, 1.807) is 68.6 Å². The van der Waals surface area contributed by atoms with E-state index in [0.717, 1.165) is 0 Å². The van der Waals surface area contributed by atoms with Gasteiger partial charge in [0, 0.05) is 71.5 Å². The first-order valence-corrected chi connectivity index (χ1v) is 30.6. The molecule has 3 fully saturated rings. The van der Waals surface area contributed by atoms with Gasteiger partial charge < -0.3 is 59.7 Å². The number of nitrogens with one attached hydrogen (secondary N) is 5. The van der Waals surface area contributed by atoms with Crippen LogP contribution >= 0.6 is 16.5 Å². The van der Waals surface area contributed by atoms with Gasteiger partial charge in [0.05, 0.1) is 58.7 Å². The summed E-state index contributed by atoms with van der Waals surface area (Å²) in [5.41, 5.74) is 6.06. The van der Waals surface area contributed by atoms with Gasteiger partial charge in [0.1, 0.15) is 57.0 Å². The van der Waals surface area contributed by atoms with Crippen molar-refractivity contribution in [3.8, 4) is 5.88 Å². The Balaban J connectivity index is 0.785. The fourth-order valence-corrected chi connectivity index (χ4v) is 11.1. The third-order valence-corrected chi connectivity index (χ3v) is 15.5. The predicted octanol–water partition coefficient (Wildman–Crippen LogP) is 3.82. The van der Waals surface area contributed by atoms with Gasteiger partial charge in [-0.15, -0.1) is 18.1 Å². The Morgan fingerprint density at radius 1 is 0.818 bits per heavy atom. The van der Waals surface area contributed by atoms with E-state index >= 15 is 0 Å². The van der Waals surface area contributed by atoms with Crippen molar-refractivity contribution in [2.24, 2.45) is 17.6 Å². The van der Waals surface area contributed by atoms with Crippen LogP contribution in [0.25, 0.3) is 11.2 Å². The Labute approximate surface area is 506 Å². The number of nitrogens with zero attached hydrogens (tertiary/aromatic N) is 6. The van der Waals surface area contributed by atoms with Crippen LogP contribution in [-0.2, 0) is 83.2 Å². The Morgan fingerprint density at radius 2 is 1.52 bits per heavy atom. The molecule has 0 radical (unpaired) electrons. The lowest BCUT2D eigenvalue weighted by Gasteiger charge is -2.24. The van der Waals surface area contributed by atoms with Crippen LogP contribution < -0.4 is 37.3 Å². The summed E-state index contributed by atoms with van der Waals surface area (Å²) >= 11 is 0. The normalized spacial score (nSPS) is 21.0. The SMILES string of the molecule is CC(C)[C@H](NC(=O)COCCOCCOCCOCCN)C(=O)N[C@@H](C)C(=O)Nc1ccc(COC(=O)N(C)Cc2ccccc2C(=O)Nc2nc3c(ncn3[C@@H]3O[C@@H]4CO[P+](=O)O[C@H]5C[C@H](Oc6ccncn6)C[C@@H]5CO[P+](=O)O[C@@H]3C4)c(=O)[nH]2)cc1. The first-order chi connectivity index (χ1) is 42.5. The third kappa shape index (κ3) is 19.6. The van der Waals surface area contributed by atoms with Gasteiger partial charge in [0.15, 0.2) is 23.5 Å². The lowest BCUT2D eigenvalue weighted by molar-refractivity contribution is -0.133. The zero-order valence-corrected chi connectivity index (χ0v) is 50.6. The summed E-state index contributed by atoms with van der Waals surface area (Å²) in [4.78, 5) is 100. The molecule has 1 aliphatic carbocycles. The highest BCUT2D eigenvalue weighted by Crippen LogP contribution is 2.44. The second kappa shape index (κ2) is 33.3. The molecule has 2 aromatic carbocycles. The number of imidazole rings is 1. The molecule has 2 unspecified atom stereocenters. The average Bonchev–Trinajstić information content (AvgIpc) is 2.12. The predicted molar refractivity (Wildman–Crippen MR) is 311 cm³/mol. The van der Waals surface area contributed by atoms with E-state index in [4.69, 9.17) is 57.0 Å². The van der Waals surface area contributed by atoms with Crippen molar-refractivity contribution in [3.05, 3.63) is 100 Å². The van der Waals surface area contributed by atoms with Crippen LogP contribution in [0, 0.1) is 11.8 Å². The highest BCUT2D eigenvalue weighted by Gasteiger charge is 2.49. The summed E-state index contributed by atoms with van der Waals surface area (Å²) in [6, 6.07) is 12.6. The number of aromatic nitrogens is 6. The quantitative estimate of drug-likeness (QED) is 0.0306. The number of H-pyrrole nitrogens is 1. The van der Waals surface area contributed by atoms with Crippen molar-refractivity contribution >= 4 is 69.0 Å². The fraction of sp³-hybridized carbons (Fsp3) is 0.527. The van der Waals surface area contributed by atoms with E-state index < -0.39 is 88.4 Å². The molecule has 5 aromatic rings. The molecule has 2 saturated heterocycles. The largest absolute Gasteiger partial charge is 0.697 e. The molecule has 3 aromatic heterocycles. The van der Waals surface area contributed by atoms with Crippen molar-refractivity contribution in [2.75, 3.05) is 90.3 Å². The summed E-state index contributed by atoms with van der Waals surface area (Å²) in [5.74, 6) is -2.89. The third-order valence-electron chi connectivity index (χ3n) is 13.9. The topological polar surface area (TPSA) is 388 Å². The molecule has 8 rings (SSSR count). The zero-order chi connectivity index (χ0) is 62.5. The lowest BCUT2D eigenvalue weighted by atomic mass is 10.0. The molecule has 5 heterocycles. The zero-order valence-electron chi connectivity index (χ0n) is 48.8. The molecule has 2 aliphatic heterocycles. The van der Waals surface area contributed by atoms with E-state index in [1.165, 1.54) is 42.2 Å². The van der Waals surface area contributed by atoms with E-state index in [0.29, 0.717) is 75.1 Å². The van der Waals surface area contributed by atoms with Crippen LogP contribution in [0.5, 0.6) is 5.88 Å². The smallest absolute Gasteiger partial charge is 0.474 e. The number of hydrogen-bond acceptors (Lipinski definition) is 24. The van der Waals surface area contributed by atoms with E-state index in [2.05, 4.69) is 46.2 Å². The second-order valence-corrected chi connectivity index (χ2v) is 22.7. The van der Waals surface area contributed by atoms with Crippen molar-refractivity contribution in [1.29, 1.82) is 0 Å². The molecule has 2 bridgehead atoms. The number of anilines is 2. The maximum Gasteiger partial charge on any atom is 0.697 e. The van der Waals surface area contributed by atoms with Gasteiger partial charge in [-0.1, -0.05) is 44.2 Å². The highest BCUT2D eigenvalue weighted by molar-refractivity contribution is 7.33. The molecule has 5 amide bonds. The molecular formula is C55H72N12O19P2+2. The summed E-state index contributed by atoms with van der Waals surface area (Å²) < 4.78 is 90.2. The van der Waals surface area contributed by atoms with Gasteiger partial charge in [0.2, 0.25) is 29.5 Å². The first-order valence-electron chi connectivity index (χ1n) is 28.4. The summed E-state index contributed by atoms with van der Waals surface area (Å²) in [7, 11) is -3.91. The van der Waals surface area contributed by atoms with Gasteiger partial charge in [-0.3, -0.25) is 38.8 Å². The monoisotopic (exact) mass is 1270 g/mol. The molecule has 7 N–H and O–H groups in total. The van der Waals surface area contributed by atoms with Gasteiger partial charge >= 0.3 is 22.6 Å². The fourth-order valence-electron chi connectivity index (χ4n) is 9.47. The molecule has 1 saturated carbocycles. The van der Waals surface area contributed by atoms with Gasteiger partial charge in [-0.05, 0) is 48.6 Å². The second-order valence-electron chi connectivity index (χ2n) is 20.9. The van der Waals surface area contributed by atoms with Gasteiger partial charge in [-0.25, -0.2) is 19.7 Å². The summed E-state index contributed by atoms with van der Waals surface area (Å²) in [6.45, 7) is 7.09. The van der Waals surface area contributed by atoms with Crippen LogP contribution in [-0.4, -0.2) is 180 Å². The number of nitrogens with two attached hydrogens (primary N) is 1. The maximum absolute atomic E-state index is 13.9. The minimum absolute atomic E-state index is 0.0256. The Kier molecular flexibility index (Phi) is 25.2. The standard InChI is InChI=1S/C55H70N12O19P2/c1-33(2)46(62-44(68)30-79-22-21-78-20-19-77-18-17-76-16-14-56)51(71)60-34(3)49(69)61-38-11-9-35(10-12-38)27-80-55(73)66(4)26-36-7-5-6-8-41(36)50(70)64-54-63-48-47(52(72)65-54)59-32-67(48)53-43-25-40(84-53)29-82-88(75)85-42-24-39(83-45-13-15-57-31-58-45)23-37(42)28-81-87(74)86-43/h5-13,15,31-34,37,39-40,42-43,46,53H,14,16-30,56H2,1-4H3,(H3-2,60,61,62,63,64,65,68,69,70,71,72)/p+2/t34-,37+,39+,40-,42-,43+,46-,53+/m0/s1. The molecular weight excluding hydrogens is 1190 g/mol. The van der Waals surface area contributed by atoms with Crippen LogP contribution in [0.3, 0.4) is 0 Å². The van der Waals surface area contributed by atoms with Crippen molar-refractivity contribution in [2.45, 2.75) is 95.9 Å². The first kappa shape index (κ1) is 66.6. The molecule has 88 heavy (non-hydrogen) atoms. The van der Waals surface area contributed by atoms with Crippen molar-refractivity contribution < 1.29 is 84.4 Å². The number of amides is 5. The van der Waals surface area contributed by atoms with Gasteiger partial charge in [0.25, 0.3) is 11.5 Å². The number of benzene rings is 2. The van der Waals surface area contributed by atoms with E-state index in [9.17, 15) is 37.9 Å². The minimum Gasteiger partial charge on any atom is -0.474 e. The number of rotatable bonds is 28. The number of aromatic amines is 1. The molecule has 3 aliphatic rings. The Morgan fingerprint density at radius 3 is 2.24 bits per heavy atom. The average molecular weight is 1270 g/mol. The van der Waals surface area contributed by atoms with E-state index in [1.807, 2.05) is 0 Å². The highest BCUT2D eigenvalue weighted by atomic mass is 31.1. The Hall–Kier alpha value is -7.38. The molecule has 474 valence electrons. The molecule has 31 nitrogen and oxygen atoms in total. The molecule has 0 spiro atoms. The molecule has 10 atom stereocenters. The van der Waals surface area contributed by atoms with Crippen LogP contribution in [0.15, 0.2) is 78.2 Å². The maximum atomic E-state index is 13.9. The van der Waals surface area contributed by atoms with Crippen molar-refractivity contribution in [3.63, 3.8) is 0 Å². The van der Waals surface area contributed by atoms with Crippen molar-refractivity contribution in [1.82, 2.24) is 45.0 Å². The van der Waals surface area contributed by atoms with Crippen LogP contribution in [0.4, 0.5) is 16.4 Å². The number of ether oxygens (including phenoxy) is 7. The van der Waals surface area contributed by atoms with Crippen LogP contribution in [0.1, 0.15) is 67.7 Å². The van der Waals surface area contributed by atoms with Gasteiger partial charge in [-0.2, -0.15) is 4.98 Å². The number of carbonyl (C=O) groups excluding carboxylic acids is 5. The number of fused-ring (bicyclic) bond motifs is 4.